The van der Waals surface area contributed by atoms with Gasteiger partial charge >= 0.3 is 0 Å². The van der Waals surface area contributed by atoms with Crippen LogP contribution in [0.5, 0.6) is 0 Å². The monoisotopic (exact) mass is 334 g/mol. The summed E-state index contributed by atoms with van der Waals surface area (Å²) in [6, 6.07) is 0. The standard InChI is InChI=1S/C17H26N4OS/c1-5-21-9-8-18-15(21)23-11-14(22)20-19-13-10-12-6-7-17(13,4)16(12,2)3/h8-9,12H,5-7,10-11H2,1-4H3,(H,20,22)/b19-13-. The Labute approximate surface area is 142 Å². The van der Waals surface area contributed by atoms with Gasteiger partial charge in [0.15, 0.2) is 5.16 Å². The number of hydrogen-bond acceptors (Lipinski definition) is 4. The number of thioether (sulfide) groups is 1. The van der Waals surface area contributed by atoms with Gasteiger partial charge < -0.3 is 4.57 Å². The second kappa shape index (κ2) is 5.96. The molecule has 0 aliphatic heterocycles. The first-order chi connectivity index (χ1) is 10.9. The van der Waals surface area contributed by atoms with E-state index in [9.17, 15) is 4.79 Å². The number of hydrazone groups is 1. The molecule has 2 unspecified atom stereocenters. The normalized spacial score (nSPS) is 30.1. The maximum Gasteiger partial charge on any atom is 0.250 e. The summed E-state index contributed by atoms with van der Waals surface area (Å²) >= 11 is 1.45. The van der Waals surface area contributed by atoms with Crippen molar-refractivity contribution >= 4 is 23.4 Å². The predicted molar refractivity (Wildman–Crippen MR) is 93.4 cm³/mol. The zero-order chi connectivity index (χ0) is 16.7. The summed E-state index contributed by atoms with van der Waals surface area (Å²) in [5.41, 5.74) is 4.36. The van der Waals surface area contributed by atoms with Gasteiger partial charge in [0.05, 0.1) is 5.75 Å². The van der Waals surface area contributed by atoms with Gasteiger partial charge in [0.1, 0.15) is 0 Å². The zero-order valence-electron chi connectivity index (χ0n) is 14.4. The lowest BCUT2D eigenvalue weighted by molar-refractivity contribution is -0.118. The number of fused-ring (bicyclic) bond motifs is 2. The molecule has 2 aliphatic carbocycles. The lowest BCUT2D eigenvalue weighted by Gasteiger charge is -2.34. The van der Waals surface area contributed by atoms with Crippen molar-refractivity contribution in [2.24, 2.45) is 21.8 Å². The molecule has 3 rings (SSSR count). The van der Waals surface area contributed by atoms with E-state index in [1.807, 2.05) is 10.8 Å². The van der Waals surface area contributed by atoms with Crippen LogP contribution in [0, 0.1) is 16.7 Å². The van der Waals surface area contributed by atoms with Crippen molar-refractivity contribution < 1.29 is 4.79 Å². The number of imidazole rings is 1. The van der Waals surface area contributed by atoms with Gasteiger partial charge in [-0.2, -0.15) is 5.10 Å². The molecular formula is C17H26N4OS. The molecule has 0 spiro atoms. The van der Waals surface area contributed by atoms with E-state index in [-0.39, 0.29) is 16.7 Å². The van der Waals surface area contributed by atoms with Crippen molar-refractivity contribution in [3.8, 4) is 0 Å². The molecule has 126 valence electrons. The third-order valence-electron chi connectivity index (χ3n) is 6.18. The second-order valence-corrected chi connectivity index (χ2v) is 8.31. The highest BCUT2D eigenvalue weighted by molar-refractivity contribution is 7.99. The molecule has 6 heteroatoms. The highest BCUT2D eigenvalue weighted by Crippen LogP contribution is 2.63. The molecule has 2 bridgehead atoms. The predicted octanol–water partition coefficient (Wildman–Crippen LogP) is 3.31. The van der Waals surface area contributed by atoms with Crippen LogP contribution >= 0.6 is 11.8 Å². The van der Waals surface area contributed by atoms with Crippen LogP contribution in [0.2, 0.25) is 0 Å². The third kappa shape index (κ3) is 2.71. The summed E-state index contributed by atoms with van der Waals surface area (Å²) in [6.45, 7) is 9.92. The molecule has 1 aromatic rings. The van der Waals surface area contributed by atoms with Crippen LogP contribution in [0.15, 0.2) is 22.7 Å². The molecule has 1 aromatic heterocycles. The summed E-state index contributed by atoms with van der Waals surface area (Å²) in [5.74, 6) is 0.990. The smallest absolute Gasteiger partial charge is 0.250 e. The lowest BCUT2D eigenvalue weighted by atomic mass is 9.70. The minimum absolute atomic E-state index is 0.0580. The van der Waals surface area contributed by atoms with Gasteiger partial charge in [0.2, 0.25) is 0 Å². The van der Waals surface area contributed by atoms with Gasteiger partial charge in [0, 0.05) is 30.1 Å². The van der Waals surface area contributed by atoms with E-state index in [4.69, 9.17) is 0 Å². The zero-order valence-corrected chi connectivity index (χ0v) is 15.2. The van der Waals surface area contributed by atoms with Gasteiger partial charge in [-0.25, -0.2) is 10.4 Å². The largest absolute Gasteiger partial charge is 0.326 e. The number of rotatable bonds is 5. The second-order valence-electron chi connectivity index (χ2n) is 7.37. The number of carbonyl (C=O) groups is 1. The molecule has 2 aliphatic rings. The number of amides is 1. The van der Waals surface area contributed by atoms with Crippen molar-refractivity contribution in [1.29, 1.82) is 0 Å². The van der Waals surface area contributed by atoms with E-state index in [0.717, 1.165) is 18.1 Å². The average molecular weight is 334 g/mol. The van der Waals surface area contributed by atoms with Crippen LogP contribution in [0.25, 0.3) is 0 Å². The summed E-state index contributed by atoms with van der Waals surface area (Å²) in [4.78, 5) is 16.4. The van der Waals surface area contributed by atoms with Crippen LogP contribution in [0.3, 0.4) is 0 Å². The molecule has 0 radical (unpaired) electrons. The van der Waals surface area contributed by atoms with Crippen molar-refractivity contribution in [2.75, 3.05) is 5.75 Å². The minimum Gasteiger partial charge on any atom is -0.326 e. The highest BCUT2D eigenvalue weighted by Gasteiger charge is 2.59. The number of nitrogens with one attached hydrogen (secondary N) is 1. The maximum atomic E-state index is 12.1. The number of aryl methyl sites for hydroxylation is 1. The maximum absolute atomic E-state index is 12.1. The Bertz CT molecular complexity index is 636. The first-order valence-corrected chi connectivity index (χ1v) is 9.37. The topological polar surface area (TPSA) is 59.3 Å². The van der Waals surface area contributed by atoms with E-state index in [2.05, 4.69) is 43.2 Å². The Morgan fingerprint density at radius 3 is 2.91 bits per heavy atom. The van der Waals surface area contributed by atoms with Gasteiger partial charge in [-0.15, -0.1) is 0 Å². The van der Waals surface area contributed by atoms with Gasteiger partial charge in [0.25, 0.3) is 5.91 Å². The van der Waals surface area contributed by atoms with Crippen LogP contribution in [0.4, 0.5) is 0 Å². The van der Waals surface area contributed by atoms with Crippen LogP contribution in [-0.2, 0) is 11.3 Å². The Morgan fingerprint density at radius 2 is 2.30 bits per heavy atom. The average Bonchev–Trinajstić information content (AvgIpc) is 3.12. The van der Waals surface area contributed by atoms with Gasteiger partial charge in [-0.1, -0.05) is 32.5 Å². The Kier molecular flexibility index (Phi) is 4.29. The first-order valence-electron chi connectivity index (χ1n) is 8.38. The molecule has 1 heterocycles. The van der Waals surface area contributed by atoms with E-state index in [1.165, 1.54) is 30.3 Å². The number of hydrogen-bond donors (Lipinski definition) is 1. The van der Waals surface area contributed by atoms with Crippen molar-refractivity contribution in [3.63, 3.8) is 0 Å². The fourth-order valence-corrected chi connectivity index (χ4v) is 4.88. The fraction of sp³-hybridized carbons (Fsp3) is 0.706. The molecule has 1 N–H and O–H groups in total. The van der Waals surface area contributed by atoms with E-state index < -0.39 is 0 Å². The highest BCUT2D eigenvalue weighted by atomic mass is 32.2. The Hall–Kier alpha value is -1.30. The molecule has 2 atom stereocenters. The van der Waals surface area contributed by atoms with Crippen LogP contribution < -0.4 is 5.43 Å². The quantitative estimate of drug-likeness (QED) is 0.664. The SMILES string of the molecule is CCn1ccnc1SCC(=O)N/N=C1/CC2CCC1(C)C2(C)C. The molecule has 5 nitrogen and oxygen atoms in total. The lowest BCUT2D eigenvalue weighted by Crippen LogP contribution is -2.34. The van der Waals surface area contributed by atoms with Crippen molar-refractivity contribution in [3.05, 3.63) is 12.4 Å². The van der Waals surface area contributed by atoms with Crippen LogP contribution in [-0.4, -0.2) is 26.9 Å². The van der Waals surface area contributed by atoms with E-state index in [1.54, 1.807) is 6.20 Å². The molecule has 2 saturated carbocycles. The summed E-state index contributed by atoms with van der Waals surface area (Å²) < 4.78 is 2.03. The van der Waals surface area contributed by atoms with Gasteiger partial charge in [-0.3, -0.25) is 4.79 Å². The molecule has 0 aromatic carbocycles. The Balaban J connectivity index is 1.57. The van der Waals surface area contributed by atoms with Gasteiger partial charge in [-0.05, 0) is 37.5 Å². The molecule has 0 saturated heterocycles. The number of nitrogens with zero attached hydrogens (tertiary/aromatic N) is 3. The molecule has 2 fully saturated rings. The summed E-state index contributed by atoms with van der Waals surface area (Å²) in [5, 5.41) is 5.37. The fourth-order valence-electron chi connectivity index (χ4n) is 4.07. The molecular weight excluding hydrogens is 308 g/mol. The summed E-state index contributed by atoms with van der Waals surface area (Å²) in [6.07, 6.45) is 7.19. The van der Waals surface area contributed by atoms with E-state index in [0.29, 0.717) is 11.7 Å². The molecule has 1 amide bonds. The van der Waals surface area contributed by atoms with Crippen molar-refractivity contribution in [2.45, 2.75) is 58.7 Å². The van der Waals surface area contributed by atoms with Crippen molar-refractivity contribution in [1.82, 2.24) is 15.0 Å². The number of carbonyl (C=O) groups excluding carboxylic acids is 1. The minimum atomic E-state index is -0.0580. The van der Waals surface area contributed by atoms with Crippen LogP contribution in [0.1, 0.15) is 47.0 Å². The summed E-state index contributed by atoms with van der Waals surface area (Å²) in [7, 11) is 0. The third-order valence-corrected chi connectivity index (χ3v) is 7.18. The Morgan fingerprint density at radius 1 is 1.52 bits per heavy atom. The van der Waals surface area contributed by atoms with E-state index >= 15 is 0 Å². The first kappa shape index (κ1) is 16.6. The molecule has 23 heavy (non-hydrogen) atoms. The number of aromatic nitrogens is 2.